The largest absolute Gasteiger partial charge is 0.357 e. The molecule has 0 fully saturated rings. The van der Waals surface area contributed by atoms with Crippen LogP contribution in [0.2, 0.25) is 0 Å². The summed E-state index contributed by atoms with van der Waals surface area (Å²) in [7, 11) is 0. The average molecular weight is 287 g/mol. The first-order valence-electron chi connectivity index (χ1n) is 6.72. The quantitative estimate of drug-likeness (QED) is 0.647. The van der Waals surface area contributed by atoms with E-state index in [2.05, 4.69) is 37.9 Å². The first-order valence-corrected chi connectivity index (χ1v) is 7.95. The molecule has 0 amide bonds. The van der Waals surface area contributed by atoms with Gasteiger partial charge in [0, 0.05) is 16.2 Å². The summed E-state index contributed by atoms with van der Waals surface area (Å²) in [5.74, 6) is 0.122. The molecule has 0 radical (unpaired) electrons. The fourth-order valence-corrected chi connectivity index (χ4v) is 3.84. The Labute approximate surface area is 125 Å². The minimum atomic E-state index is 0.122. The van der Waals surface area contributed by atoms with Gasteiger partial charge >= 0.3 is 0 Å². The zero-order chi connectivity index (χ0) is 15.0. The van der Waals surface area contributed by atoms with Gasteiger partial charge in [0.15, 0.2) is 5.78 Å². The zero-order valence-corrected chi connectivity index (χ0v) is 13.8. The number of aromatic nitrogens is 1. The van der Waals surface area contributed by atoms with E-state index in [1.165, 1.54) is 22.3 Å². The monoisotopic (exact) mass is 287 g/mol. The molecule has 106 valence electrons. The molecule has 0 aliphatic rings. The molecule has 0 saturated heterocycles. The molecule has 20 heavy (non-hydrogen) atoms. The molecular formula is C17H21NOS. The lowest BCUT2D eigenvalue weighted by Crippen LogP contribution is -1.95. The van der Waals surface area contributed by atoms with E-state index < -0.39 is 0 Å². The third-order valence-electron chi connectivity index (χ3n) is 3.62. The molecule has 0 spiro atoms. The minimum absolute atomic E-state index is 0.122. The molecule has 1 heterocycles. The van der Waals surface area contributed by atoms with Crippen LogP contribution >= 0.6 is 11.8 Å². The predicted octanol–water partition coefficient (Wildman–Crippen LogP) is 4.84. The van der Waals surface area contributed by atoms with Gasteiger partial charge < -0.3 is 4.98 Å². The Kier molecular flexibility index (Phi) is 4.09. The maximum atomic E-state index is 11.9. The maximum Gasteiger partial charge on any atom is 0.162 e. The molecule has 0 atom stereocenters. The average Bonchev–Trinajstić information content (AvgIpc) is 2.64. The fourth-order valence-electron chi connectivity index (χ4n) is 2.98. The molecule has 1 N–H and O–H groups in total. The van der Waals surface area contributed by atoms with Crippen molar-refractivity contribution in [2.75, 3.05) is 6.26 Å². The van der Waals surface area contributed by atoms with Crippen LogP contribution in [-0.2, 0) is 0 Å². The van der Waals surface area contributed by atoms with Gasteiger partial charge in [-0.05, 0) is 52.0 Å². The molecular weight excluding hydrogens is 266 g/mol. The van der Waals surface area contributed by atoms with Gasteiger partial charge in [0.25, 0.3) is 0 Å². The predicted molar refractivity (Wildman–Crippen MR) is 87.0 cm³/mol. The van der Waals surface area contributed by atoms with E-state index in [0.717, 1.165) is 21.8 Å². The lowest BCUT2D eigenvalue weighted by Gasteiger charge is -2.12. The van der Waals surface area contributed by atoms with Crippen molar-refractivity contribution < 1.29 is 4.79 Å². The maximum absolute atomic E-state index is 11.9. The smallest absolute Gasteiger partial charge is 0.162 e. The van der Waals surface area contributed by atoms with E-state index in [-0.39, 0.29) is 5.78 Å². The summed E-state index contributed by atoms with van der Waals surface area (Å²) in [6.45, 7) is 9.97. The van der Waals surface area contributed by atoms with Gasteiger partial charge in [-0.15, -0.1) is 11.8 Å². The minimum Gasteiger partial charge on any atom is -0.357 e. The van der Waals surface area contributed by atoms with Crippen molar-refractivity contribution in [1.29, 1.82) is 0 Å². The summed E-state index contributed by atoms with van der Waals surface area (Å²) < 4.78 is 0. The third-order valence-corrected chi connectivity index (χ3v) is 4.44. The van der Waals surface area contributed by atoms with Gasteiger partial charge in [0.2, 0.25) is 0 Å². The topological polar surface area (TPSA) is 32.9 Å². The number of hydrogen-bond donors (Lipinski definition) is 1. The molecule has 1 aromatic heterocycles. The number of hydrogen-bond acceptors (Lipinski definition) is 2. The molecule has 0 aliphatic carbocycles. The Bertz CT molecular complexity index is 660. The van der Waals surface area contributed by atoms with Gasteiger partial charge in [-0.3, -0.25) is 4.79 Å². The summed E-state index contributed by atoms with van der Waals surface area (Å²) in [6.07, 6.45) is 2.03. The molecule has 2 nitrogen and oxygen atoms in total. The summed E-state index contributed by atoms with van der Waals surface area (Å²) in [5.41, 5.74) is 7.83. The van der Waals surface area contributed by atoms with Gasteiger partial charge in [-0.25, -0.2) is 0 Å². The number of carbonyl (C=O) groups excluding carboxylic acids is 1. The van der Waals surface area contributed by atoms with Gasteiger partial charge in [-0.2, -0.15) is 0 Å². The molecule has 2 rings (SSSR count). The summed E-state index contributed by atoms with van der Waals surface area (Å²) in [6, 6.07) is 4.38. The van der Waals surface area contributed by atoms with E-state index in [9.17, 15) is 4.79 Å². The number of ketones is 1. The van der Waals surface area contributed by atoms with Gasteiger partial charge in [0.05, 0.1) is 11.3 Å². The Balaban J connectivity index is 2.77. The number of rotatable bonds is 3. The van der Waals surface area contributed by atoms with E-state index >= 15 is 0 Å². The number of nitrogens with one attached hydrogen (secondary N) is 1. The lowest BCUT2D eigenvalue weighted by molar-refractivity contribution is 0.101. The summed E-state index contributed by atoms with van der Waals surface area (Å²) >= 11 is 1.64. The highest BCUT2D eigenvalue weighted by Crippen LogP contribution is 2.38. The molecule has 0 unspecified atom stereocenters. The molecule has 3 heteroatoms. The summed E-state index contributed by atoms with van der Waals surface area (Å²) in [4.78, 5) is 16.4. The number of aryl methyl sites for hydroxylation is 4. The van der Waals surface area contributed by atoms with Crippen LogP contribution in [0.5, 0.6) is 0 Å². The fraction of sp³-hybridized carbons (Fsp3) is 0.353. The second kappa shape index (κ2) is 5.49. The van der Waals surface area contributed by atoms with Crippen molar-refractivity contribution in [3.63, 3.8) is 0 Å². The SMILES string of the molecule is CSc1c(-c2c(C)cc(C)cc2C)[nH]c(C)c1C(C)=O. The summed E-state index contributed by atoms with van der Waals surface area (Å²) in [5, 5.41) is 0. The van der Waals surface area contributed by atoms with Crippen LogP contribution in [0.4, 0.5) is 0 Å². The normalized spacial score (nSPS) is 10.9. The first-order chi connectivity index (χ1) is 9.36. The number of aromatic amines is 1. The number of carbonyl (C=O) groups is 1. The van der Waals surface area contributed by atoms with Crippen molar-refractivity contribution in [3.05, 3.63) is 40.1 Å². The van der Waals surface area contributed by atoms with Crippen LogP contribution in [0.1, 0.15) is 39.7 Å². The van der Waals surface area contributed by atoms with E-state index in [0.29, 0.717) is 0 Å². The van der Waals surface area contributed by atoms with Gasteiger partial charge in [0.1, 0.15) is 0 Å². The standard InChI is InChI=1S/C17H21NOS/c1-9-7-10(2)14(11(3)8-9)16-17(20-6)15(13(5)19)12(4)18-16/h7-8,18H,1-6H3. The Morgan fingerprint density at radius 1 is 1.10 bits per heavy atom. The van der Waals surface area contributed by atoms with Crippen LogP contribution in [0.3, 0.4) is 0 Å². The van der Waals surface area contributed by atoms with Crippen molar-refractivity contribution in [2.45, 2.75) is 39.5 Å². The number of H-pyrrole nitrogens is 1. The van der Waals surface area contributed by atoms with Crippen LogP contribution in [0.15, 0.2) is 17.0 Å². The first kappa shape index (κ1) is 14.9. The number of Topliss-reactive ketones (excluding diaryl/α,β-unsaturated/α-hetero) is 1. The van der Waals surface area contributed by atoms with Gasteiger partial charge in [-0.1, -0.05) is 17.7 Å². The van der Waals surface area contributed by atoms with Crippen molar-refractivity contribution in [3.8, 4) is 11.3 Å². The zero-order valence-electron chi connectivity index (χ0n) is 13.0. The molecule has 1 aromatic carbocycles. The van der Waals surface area contributed by atoms with E-state index in [4.69, 9.17) is 0 Å². The highest BCUT2D eigenvalue weighted by Gasteiger charge is 2.21. The molecule has 0 aliphatic heterocycles. The Hall–Kier alpha value is -1.48. The Morgan fingerprint density at radius 2 is 1.65 bits per heavy atom. The number of thioether (sulfide) groups is 1. The van der Waals surface area contributed by atoms with Crippen LogP contribution in [0.25, 0.3) is 11.3 Å². The number of benzene rings is 1. The van der Waals surface area contributed by atoms with Crippen molar-refractivity contribution in [2.24, 2.45) is 0 Å². The second-order valence-corrected chi connectivity index (χ2v) is 6.18. The Morgan fingerprint density at radius 3 is 2.10 bits per heavy atom. The highest BCUT2D eigenvalue weighted by atomic mass is 32.2. The van der Waals surface area contributed by atoms with Crippen LogP contribution in [-0.4, -0.2) is 17.0 Å². The molecule has 2 aromatic rings. The highest BCUT2D eigenvalue weighted by molar-refractivity contribution is 7.98. The lowest BCUT2D eigenvalue weighted by atomic mass is 9.97. The van der Waals surface area contributed by atoms with E-state index in [1.807, 2.05) is 13.2 Å². The third kappa shape index (κ3) is 2.42. The molecule has 0 bridgehead atoms. The second-order valence-electron chi connectivity index (χ2n) is 5.36. The van der Waals surface area contributed by atoms with Crippen LogP contribution in [0, 0.1) is 27.7 Å². The van der Waals surface area contributed by atoms with Crippen molar-refractivity contribution >= 4 is 17.5 Å². The van der Waals surface area contributed by atoms with Crippen molar-refractivity contribution in [1.82, 2.24) is 4.98 Å². The van der Waals surface area contributed by atoms with E-state index in [1.54, 1.807) is 18.7 Å². The van der Waals surface area contributed by atoms with Crippen LogP contribution < -0.4 is 0 Å². The molecule has 0 saturated carbocycles.